The predicted molar refractivity (Wildman–Crippen MR) is 102 cm³/mol. The Labute approximate surface area is 162 Å². The number of nitrogens with zero attached hydrogens (tertiary/aromatic N) is 4. The molecule has 1 aromatic heterocycles. The number of aromatic nitrogens is 4. The lowest BCUT2D eigenvalue weighted by atomic mass is 10.00. The standard InChI is InChI=1S/C19H20ClN5O2/c20-17-8-6-14(7-9-17)10-15(13-26)11-21-18(27)12-25-23-19(22-24-25)16-4-2-1-3-5-16/h1-9,15,26H,10-13H2,(H,21,27)/t15-/m0/s1. The SMILES string of the molecule is O=C(Cn1nnc(-c2ccccc2)n1)NC[C@@H](CO)Cc1ccc(Cl)cc1. The third-order valence-electron chi connectivity index (χ3n) is 4.05. The maximum absolute atomic E-state index is 12.1. The van der Waals surface area contributed by atoms with Gasteiger partial charge in [0.25, 0.3) is 0 Å². The highest BCUT2D eigenvalue weighted by Crippen LogP contribution is 2.13. The van der Waals surface area contributed by atoms with E-state index in [-0.39, 0.29) is 25.0 Å². The Balaban J connectivity index is 1.50. The minimum atomic E-state index is -0.235. The van der Waals surface area contributed by atoms with Gasteiger partial charge in [-0.05, 0) is 29.3 Å². The minimum Gasteiger partial charge on any atom is -0.396 e. The number of halogens is 1. The number of carbonyl (C=O) groups is 1. The van der Waals surface area contributed by atoms with Gasteiger partial charge in [0.15, 0.2) is 0 Å². The summed E-state index contributed by atoms with van der Waals surface area (Å²) in [5.41, 5.74) is 1.89. The van der Waals surface area contributed by atoms with Gasteiger partial charge < -0.3 is 10.4 Å². The molecule has 0 spiro atoms. The fourth-order valence-corrected chi connectivity index (χ4v) is 2.74. The lowest BCUT2D eigenvalue weighted by Crippen LogP contribution is -2.34. The molecule has 0 bridgehead atoms. The summed E-state index contributed by atoms with van der Waals surface area (Å²) in [7, 11) is 0. The Morgan fingerprint density at radius 3 is 2.59 bits per heavy atom. The van der Waals surface area contributed by atoms with Crippen LogP contribution in [0.25, 0.3) is 11.4 Å². The average molecular weight is 386 g/mol. The van der Waals surface area contributed by atoms with Crippen molar-refractivity contribution in [3.05, 3.63) is 65.2 Å². The molecular formula is C19H20ClN5O2. The van der Waals surface area contributed by atoms with Gasteiger partial charge in [0.1, 0.15) is 6.54 Å². The average Bonchev–Trinajstić information content (AvgIpc) is 3.16. The van der Waals surface area contributed by atoms with Crippen LogP contribution in [0.1, 0.15) is 5.56 Å². The second-order valence-corrected chi connectivity index (χ2v) is 6.63. The van der Waals surface area contributed by atoms with E-state index in [1.54, 1.807) is 0 Å². The molecular weight excluding hydrogens is 366 g/mol. The van der Waals surface area contributed by atoms with Gasteiger partial charge in [-0.1, -0.05) is 54.1 Å². The molecule has 140 valence electrons. The van der Waals surface area contributed by atoms with Gasteiger partial charge in [0.2, 0.25) is 11.7 Å². The summed E-state index contributed by atoms with van der Waals surface area (Å²) in [6.07, 6.45) is 0.647. The van der Waals surface area contributed by atoms with E-state index in [1.165, 1.54) is 4.80 Å². The molecule has 3 rings (SSSR count). The fraction of sp³-hybridized carbons (Fsp3) is 0.263. The number of carbonyl (C=O) groups excluding carboxylic acids is 1. The van der Waals surface area contributed by atoms with Crippen molar-refractivity contribution in [2.45, 2.75) is 13.0 Å². The number of hydrogen-bond donors (Lipinski definition) is 2. The molecule has 0 radical (unpaired) electrons. The van der Waals surface area contributed by atoms with Gasteiger partial charge in [-0.15, -0.1) is 10.2 Å². The molecule has 1 amide bonds. The van der Waals surface area contributed by atoms with E-state index in [2.05, 4.69) is 20.7 Å². The number of aliphatic hydroxyl groups is 1. The van der Waals surface area contributed by atoms with Crippen LogP contribution in [0, 0.1) is 5.92 Å². The van der Waals surface area contributed by atoms with Gasteiger partial charge in [-0.2, -0.15) is 4.80 Å². The molecule has 0 fully saturated rings. The second-order valence-electron chi connectivity index (χ2n) is 6.19. The van der Waals surface area contributed by atoms with Crippen LogP contribution in [0.3, 0.4) is 0 Å². The zero-order chi connectivity index (χ0) is 19.1. The molecule has 7 nitrogen and oxygen atoms in total. The molecule has 0 saturated heterocycles. The number of tetrazole rings is 1. The number of nitrogens with one attached hydrogen (secondary N) is 1. The van der Waals surface area contributed by atoms with E-state index in [1.807, 2.05) is 54.6 Å². The summed E-state index contributed by atoms with van der Waals surface area (Å²) < 4.78 is 0. The molecule has 27 heavy (non-hydrogen) atoms. The summed E-state index contributed by atoms with van der Waals surface area (Å²) in [6.45, 7) is 0.305. The number of aliphatic hydroxyl groups excluding tert-OH is 1. The number of benzene rings is 2. The summed E-state index contributed by atoms with van der Waals surface area (Å²) >= 11 is 5.88. The highest BCUT2D eigenvalue weighted by molar-refractivity contribution is 6.30. The molecule has 0 aliphatic carbocycles. The van der Waals surface area contributed by atoms with E-state index in [0.29, 0.717) is 23.8 Å². The second kappa shape index (κ2) is 9.25. The summed E-state index contributed by atoms with van der Waals surface area (Å²) in [6, 6.07) is 16.9. The molecule has 3 aromatic rings. The van der Waals surface area contributed by atoms with Crippen molar-refractivity contribution >= 4 is 17.5 Å². The van der Waals surface area contributed by atoms with Crippen molar-refractivity contribution < 1.29 is 9.90 Å². The summed E-state index contributed by atoms with van der Waals surface area (Å²) in [5, 5.41) is 25.1. The van der Waals surface area contributed by atoms with E-state index in [0.717, 1.165) is 11.1 Å². The Hall–Kier alpha value is -2.77. The van der Waals surface area contributed by atoms with Crippen LogP contribution in [0.4, 0.5) is 0 Å². The van der Waals surface area contributed by atoms with Gasteiger partial charge in [0, 0.05) is 29.7 Å². The first-order valence-electron chi connectivity index (χ1n) is 8.59. The summed E-state index contributed by atoms with van der Waals surface area (Å²) in [5.74, 6) is 0.152. The number of rotatable bonds is 8. The quantitative estimate of drug-likeness (QED) is 0.618. The largest absolute Gasteiger partial charge is 0.396 e. The smallest absolute Gasteiger partial charge is 0.243 e. The van der Waals surface area contributed by atoms with Gasteiger partial charge in [0.05, 0.1) is 0 Å². The van der Waals surface area contributed by atoms with Crippen LogP contribution in [-0.4, -0.2) is 44.4 Å². The maximum atomic E-state index is 12.1. The minimum absolute atomic E-state index is 0.0252. The molecule has 8 heteroatoms. The van der Waals surface area contributed by atoms with Crippen LogP contribution in [0.15, 0.2) is 54.6 Å². The van der Waals surface area contributed by atoms with Crippen molar-refractivity contribution in [3.8, 4) is 11.4 Å². The number of hydrogen-bond acceptors (Lipinski definition) is 5. The van der Waals surface area contributed by atoms with Crippen molar-refractivity contribution in [1.29, 1.82) is 0 Å². The lowest BCUT2D eigenvalue weighted by Gasteiger charge is -2.15. The third kappa shape index (κ3) is 5.60. The van der Waals surface area contributed by atoms with E-state index in [4.69, 9.17) is 11.6 Å². The Morgan fingerprint density at radius 2 is 1.89 bits per heavy atom. The van der Waals surface area contributed by atoms with Crippen molar-refractivity contribution in [1.82, 2.24) is 25.5 Å². The molecule has 2 aromatic carbocycles. The van der Waals surface area contributed by atoms with Crippen LogP contribution in [-0.2, 0) is 17.8 Å². The number of amides is 1. The van der Waals surface area contributed by atoms with Gasteiger partial charge >= 0.3 is 0 Å². The third-order valence-corrected chi connectivity index (χ3v) is 4.31. The first kappa shape index (κ1) is 19.0. The lowest BCUT2D eigenvalue weighted by molar-refractivity contribution is -0.122. The van der Waals surface area contributed by atoms with E-state index >= 15 is 0 Å². The molecule has 1 atom stereocenters. The first-order valence-corrected chi connectivity index (χ1v) is 8.97. The monoisotopic (exact) mass is 385 g/mol. The van der Waals surface area contributed by atoms with Crippen molar-refractivity contribution in [3.63, 3.8) is 0 Å². The van der Waals surface area contributed by atoms with E-state index in [9.17, 15) is 9.90 Å². The zero-order valence-corrected chi connectivity index (χ0v) is 15.4. The zero-order valence-electron chi connectivity index (χ0n) is 14.6. The fourth-order valence-electron chi connectivity index (χ4n) is 2.61. The van der Waals surface area contributed by atoms with Crippen molar-refractivity contribution in [2.75, 3.05) is 13.2 Å². The Bertz CT molecular complexity index is 867. The highest BCUT2D eigenvalue weighted by atomic mass is 35.5. The van der Waals surface area contributed by atoms with Crippen molar-refractivity contribution in [2.24, 2.45) is 5.92 Å². The normalized spacial score (nSPS) is 11.9. The van der Waals surface area contributed by atoms with Crippen LogP contribution < -0.4 is 5.32 Å². The molecule has 0 saturated carbocycles. The predicted octanol–water partition coefficient (Wildman–Crippen LogP) is 1.96. The van der Waals surface area contributed by atoms with Gasteiger partial charge in [-0.3, -0.25) is 4.79 Å². The first-order chi connectivity index (χ1) is 13.1. The molecule has 1 heterocycles. The Morgan fingerprint density at radius 1 is 1.15 bits per heavy atom. The highest BCUT2D eigenvalue weighted by Gasteiger charge is 2.13. The molecule has 0 aliphatic heterocycles. The van der Waals surface area contributed by atoms with Crippen LogP contribution >= 0.6 is 11.6 Å². The maximum Gasteiger partial charge on any atom is 0.243 e. The van der Waals surface area contributed by atoms with Gasteiger partial charge in [-0.25, -0.2) is 0 Å². The molecule has 2 N–H and O–H groups in total. The topological polar surface area (TPSA) is 92.9 Å². The summed E-state index contributed by atoms with van der Waals surface area (Å²) in [4.78, 5) is 13.4. The molecule has 0 aliphatic rings. The molecule has 0 unspecified atom stereocenters. The van der Waals surface area contributed by atoms with E-state index < -0.39 is 0 Å². The van der Waals surface area contributed by atoms with Crippen LogP contribution in [0.5, 0.6) is 0 Å². The Kier molecular flexibility index (Phi) is 6.51. The van der Waals surface area contributed by atoms with Crippen LogP contribution in [0.2, 0.25) is 5.02 Å².